The molecule has 0 radical (unpaired) electrons. The molecule has 1 saturated heterocycles. The summed E-state index contributed by atoms with van der Waals surface area (Å²) >= 11 is 0. The first-order valence-corrected chi connectivity index (χ1v) is 8.86. The first-order valence-electron chi connectivity index (χ1n) is 6.96. The molecule has 1 fully saturated rings. The number of hydrogen-bond acceptors (Lipinski definition) is 6. The van der Waals surface area contributed by atoms with Crippen LogP contribution in [0, 0.1) is 0 Å². The second-order valence-electron chi connectivity index (χ2n) is 5.37. The third kappa shape index (κ3) is 3.30. The zero-order chi connectivity index (χ0) is 14.9. The second-order valence-corrected chi connectivity index (χ2v) is 7.39. The Labute approximate surface area is 123 Å². The molecule has 0 bridgehead atoms. The number of hydrogen-bond donors (Lipinski definition) is 2. The summed E-state index contributed by atoms with van der Waals surface area (Å²) in [4.78, 5) is 9.00. The van der Waals surface area contributed by atoms with E-state index in [0.29, 0.717) is 17.5 Å². The molecule has 0 aliphatic carbocycles. The van der Waals surface area contributed by atoms with Gasteiger partial charge in [0, 0.05) is 30.4 Å². The van der Waals surface area contributed by atoms with E-state index in [9.17, 15) is 8.42 Å². The van der Waals surface area contributed by atoms with E-state index >= 15 is 0 Å². The van der Waals surface area contributed by atoms with Crippen molar-refractivity contribution in [2.45, 2.75) is 23.8 Å². The van der Waals surface area contributed by atoms with E-state index in [1.54, 1.807) is 24.4 Å². The van der Waals surface area contributed by atoms with E-state index < -0.39 is 9.84 Å². The Morgan fingerprint density at radius 2 is 2.24 bits per heavy atom. The van der Waals surface area contributed by atoms with Crippen LogP contribution in [0.5, 0.6) is 0 Å². The van der Waals surface area contributed by atoms with Crippen molar-refractivity contribution in [3.05, 3.63) is 24.4 Å². The molecule has 0 spiro atoms. The predicted molar refractivity (Wildman–Crippen MR) is 82.2 cm³/mol. The van der Waals surface area contributed by atoms with Crippen LogP contribution in [0.25, 0.3) is 10.9 Å². The lowest BCUT2D eigenvalue weighted by molar-refractivity contribution is 0.478. The van der Waals surface area contributed by atoms with Crippen molar-refractivity contribution in [3.63, 3.8) is 0 Å². The van der Waals surface area contributed by atoms with Crippen LogP contribution in [0.2, 0.25) is 0 Å². The third-order valence-electron chi connectivity index (χ3n) is 3.61. The molecular weight excluding hydrogens is 288 g/mol. The summed E-state index contributed by atoms with van der Waals surface area (Å²) in [6.07, 6.45) is 5.12. The number of rotatable bonds is 3. The van der Waals surface area contributed by atoms with Gasteiger partial charge in [0.1, 0.15) is 0 Å². The van der Waals surface area contributed by atoms with Crippen LogP contribution in [-0.4, -0.2) is 43.8 Å². The molecule has 21 heavy (non-hydrogen) atoms. The molecule has 1 aromatic heterocycles. The summed E-state index contributed by atoms with van der Waals surface area (Å²) in [5.74, 6) is 0.543. The minimum absolute atomic E-state index is 0.277. The highest BCUT2D eigenvalue weighted by atomic mass is 32.2. The van der Waals surface area contributed by atoms with Crippen molar-refractivity contribution >= 4 is 26.7 Å². The highest BCUT2D eigenvalue weighted by molar-refractivity contribution is 7.90. The monoisotopic (exact) mass is 306 g/mol. The Hall–Kier alpha value is -1.73. The summed E-state index contributed by atoms with van der Waals surface area (Å²) < 4.78 is 23.2. The number of fused-ring (bicyclic) bond motifs is 1. The van der Waals surface area contributed by atoms with Gasteiger partial charge in [0.25, 0.3) is 0 Å². The molecular formula is C14H18N4O2S. The number of anilines is 1. The second kappa shape index (κ2) is 5.57. The zero-order valence-corrected chi connectivity index (χ0v) is 12.7. The Morgan fingerprint density at radius 3 is 2.95 bits per heavy atom. The molecule has 112 valence electrons. The lowest BCUT2D eigenvalue weighted by Crippen LogP contribution is -2.38. The average molecular weight is 306 g/mol. The van der Waals surface area contributed by atoms with E-state index in [0.717, 1.165) is 31.3 Å². The first kappa shape index (κ1) is 14.2. The molecule has 1 aliphatic rings. The average Bonchev–Trinajstić information content (AvgIpc) is 2.46. The minimum Gasteiger partial charge on any atom is -0.350 e. The van der Waals surface area contributed by atoms with Crippen molar-refractivity contribution in [1.82, 2.24) is 15.3 Å². The number of nitrogens with one attached hydrogen (secondary N) is 2. The van der Waals surface area contributed by atoms with E-state index in [1.807, 2.05) is 0 Å². The first-order chi connectivity index (χ1) is 10.0. The molecule has 0 amide bonds. The quantitative estimate of drug-likeness (QED) is 0.886. The van der Waals surface area contributed by atoms with Gasteiger partial charge >= 0.3 is 0 Å². The van der Waals surface area contributed by atoms with Gasteiger partial charge in [0.2, 0.25) is 5.95 Å². The van der Waals surface area contributed by atoms with Gasteiger partial charge in [-0.05, 0) is 37.6 Å². The van der Waals surface area contributed by atoms with Gasteiger partial charge in [-0.3, -0.25) is 0 Å². The van der Waals surface area contributed by atoms with Crippen molar-refractivity contribution in [3.8, 4) is 0 Å². The standard InChI is InChI=1S/C14H18N4O2S/c1-21(19,20)12-5-4-10-8-16-14(18-13(10)7-12)17-11-3-2-6-15-9-11/h4-5,7-8,11,15H,2-3,6,9H2,1H3,(H,16,17,18). The normalized spacial score (nSPS) is 19.6. The van der Waals surface area contributed by atoms with Crippen molar-refractivity contribution < 1.29 is 8.42 Å². The van der Waals surface area contributed by atoms with Crippen LogP contribution in [0.4, 0.5) is 5.95 Å². The molecule has 1 atom stereocenters. The largest absolute Gasteiger partial charge is 0.350 e. The Morgan fingerprint density at radius 1 is 1.38 bits per heavy atom. The van der Waals surface area contributed by atoms with E-state index in [4.69, 9.17) is 0 Å². The Bertz CT molecular complexity index is 755. The summed E-state index contributed by atoms with van der Waals surface area (Å²) in [7, 11) is -3.23. The van der Waals surface area contributed by atoms with E-state index in [2.05, 4.69) is 20.6 Å². The molecule has 6 nitrogen and oxygen atoms in total. The van der Waals surface area contributed by atoms with Gasteiger partial charge in [-0.2, -0.15) is 0 Å². The maximum Gasteiger partial charge on any atom is 0.223 e. The minimum atomic E-state index is -3.23. The lowest BCUT2D eigenvalue weighted by Gasteiger charge is -2.23. The summed E-state index contributed by atoms with van der Waals surface area (Å²) in [5.41, 5.74) is 0.638. The number of nitrogens with zero attached hydrogens (tertiary/aromatic N) is 2. The molecule has 2 aromatic rings. The zero-order valence-electron chi connectivity index (χ0n) is 11.8. The van der Waals surface area contributed by atoms with Crippen LogP contribution in [0.15, 0.2) is 29.3 Å². The van der Waals surface area contributed by atoms with Gasteiger partial charge in [0.15, 0.2) is 9.84 Å². The van der Waals surface area contributed by atoms with Crippen LogP contribution in [0.3, 0.4) is 0 Å². The van der Waals surface area contributed by atoms with Gasteiger partial charge in [0.05, 0.1) is 10.4 Å². The van der Waals surface area contributed by atoms with Gasteiger partial charge in [-0.15, -0.1) is 0 Å². The number of aromatic nitrogens is 2. The highest BCUT2D eigenvalue weighted by Crippen LogP contribution is 2.18. The number of sulfone groups is 1. The molecule has 3 rings (SSSR count). The smallest absolute Gasteiger partial charge is 0.223 e. The van der Waals surface area contributed by atoms with Crippen LogP contribution in [-0.2, 0) is 9.84 Å². The third-order valence-corrected chi connectivity index (χ3v) is 4.72. The fourth-order valence-corrected chi connectivity index (χ4v) is 3.10. The van der Waals surface area contributed by atoms with E-state index in [1.165, 1.54) is 6.26 Å². The van der Waals surface area contributed by atoms with E-state index in [-0.39, 0.29) is 4.90 Å². The predicted octanol–water partition coefficient (Wildman–Crippen LogP) is 1.20. The molecule has 2 N–H and O–H groups in total. The molecule has 2 heterocycles. The van der Waals surface area contributed by atoms with Gasteiger partial charge in [-0.1, -0.05) is 0 Å². The van der Waals surface area contributed by atoms with Gasteiger partial charge < -0.3 is 10.6 Å². The van der Waals surface area contributed by atoms with Crippen LogP contribution in [0.1, 0.15) is 12.8 Å². The Balaban J connectivity index is 1.90. The topological polar surface area (TPSA) is 84.0 Å². The fraction of sp³-hybridized carbons (Fsp3) is 0.429. The van der Waals surface area contributed by atoms with Crippen LogP contribution < -0.4 is 10.6 Å². The lowest BCUT2D eigenvalue weighted by atomic mass is 10.1. The number of piperidine rings is 1. The van der Waals surface area contributed by atoms with Crippen molar-refractivity contribution in [2.75, 3.05) is 24.7 Å². The molecule has 1 unspecified atom stereocenters. The molecule has 1 aliphatic heterocycles. The fourth-order valence-electron chi connectivity index (χ4n) is 2.46. The number of benzene rings is 1. The maximum absolute atomic E-state index is 11.6. The summed E-state index contributed by atoms with van der Waals surface area (Å²) in [6, 6.07) is 5.22. The molecule has 7 heteroatoms. The SMILES string of the molecule is CS(=O)(=O)c1ccc2cnc(NC3CCCNC3)nc2c1. The molecule has 1 aromatic carbocycles. The van der Waals surface area contributed by atoms with Crippen LogP contribution >= 0.6 is 0 Å². The maximum atomic E-state index is 11.6. The summed E-state index contributed by atoms with van der Waals surface area (Å²) in [5, 5.41) is 7.45. The van der Waals surface area contributed by atoms with Crippen molar-refractivity contribution in [2.24, 2.45) is 0 Å². The highest BCUT2D eigenvalue weighted by Gasteiger charge is 2.14. The Kier molecular flexibility index (Phi) is 3.77. The van der Waals surface area contributed by atoms with Crippen molar-refractivity contribution in [1.29, 1.82) is 0 Å². The molecule has 0 saturated carbocycles. The summed E-state index contributed by atoms with van der Waals surface area (Å²) in [6.45, 7) is 1.94. The van der Waals surface area contributed by atoms with Gasteiger partial charge in [-0.25, -0.2) is 18.4 Å².